The summed E-state index contributed by atoms with van der Waals surface area (Å²) in [4.78, 5) is 27.5. The SMILES string of the molecule is O=C1Nc2ccccc2[C@]12[C@H]([N+](=O)[O-])[C@@H](c1ccc(Cl)cc1Cl)[C@H]1CCCN12. The number of nitro groups is 1. The molecular formula is C20H17Cl2N3O3. The highest BCUT2D eigenvalue weighted by Gasteiger charge is 2.73. The van der Waals surface area contributed by atoms with E-state index < -0.39 is 17.5 Å². The first-order valence-corrected chi connectivity index (χ1v) is 9.98. The lowest BCUT2D eigenvalue weighted by Crippen LogP contribution is -2.55. The Morgan fingerprint density at radius 1 is 1.21 bits per heavy atom. The zero-order chi connectivity index (χ0) is 19.6. The quantitative estimate of drug-likeness (QED) is 0.590. The third-order valence-corrected chi connectivity index (χ3v) is 6.98. The minimum absolute atomic E-state index is 0.133. The van der Waals surface area contributed by atoms with Crippen LogP contribution < -0.4 is 5.32 Å². The highest BCUT2D eigenvalue weighted by atomic mass is 35.5. The average molecular weight is 418 g/mol. The zero-order valence-electron chi connectivity index (χ0n) is 14.8. The molecule has 1 N–H and O–H groups in total. The van der Waals surface area contributed by atoms with Gasteiger partial charge < -0.3 is 5.32 Å². The highest BCUT2D eigenvalue weighted by Crippen LogP contribution is 2.58. The van der Waals surface area contributed by atoms with Gasteiger partial charge in [-0.15, -0.1) is 0 Å². The van der Waals surface area contributed by atoms with Crippen molar-refractivity contribution in [3.8, 4) is 0 Å². The smallest absolute Gasteiger partial charge is 0.256 e. The predicted octanol–water partition coefficient (Wildman–Crippen LogP) is 4.05. The summed E-state index contributed by atoms with van der Waals surface area (Å²) in [5, 5.41) is 16.2. The minimum atomic E-state index is -1.32. The minimum Gasteiger partial charge on any atom is -0.324 e. The summed E-state index contributed by atoms with van der Waals surface area (Å²) in [6, 6.07) is 11.1. The number of hydrogen-bond donors (Lipinski definition) is 1. The van der Waals surface area contributed by atoms with E-state index in [1.54, 1.807) is 24.3 Å². The van der Waals surface area contributed by atoms with Crippen molar-refractivity contribution in [2.45, 2.75) is 36.4 Å². The van der Waals surface area contributed by atoms with Crippen LogP contribution in [0.25, 0.3) is 0 Å². The van der Waals surface area contributed by atoms with Crippen LogP contribution in [-0.2, 0) is 10.3 Å². The van der Waals surface area contributed by atoms with Gasteiger partial charge >= 0.3 is 0 Å². The summed E-state index contributed by atoms with van der Waals surface area (Å²) in [5.74, 6) is -0.825. The number of halogens is 2. The Bertz CT molecular complexity index is 1010. The van der Waals surface area contributed by atoms with Crippen molar-refractivity contribution in [2.24, 2.45) is 0 Å². The number of hydrogen-bond acceptors (Lipinski definition) is 4. The first-order valence-electron chi connectivity index (χ1n) is 9.22. The fraction of sp³-hybridized carbons (Fsp3) is 0.350. The topological polar surface area (TPSA) is 75.5 Å². The monoisotopic (exact) mass is 417 g/mol. The van der Waals surface area contributed by atoms with Gasteiger partial charge in [0.25, 0.3) is 11.9 Å². The van der Waals surface area contributed by atoms with Crippen molar-refractivity contribution in [2.75, 3.05) is 11.9 Å². The molecule has 1 amide bonds. The van der Waals surface area contributed by atoms with Crippen molar-refractivity contribution in [3.63, 3.8) is 0 Å². The molecule has 4 atom stereocenters. The Morgan fingerprint density at radius 2 is 2.00 bits per heavy atom. The van der Waals surface area contributed by atoms with Gasteiger partial charge in [-0.3, -0.25) is 19.8 Å². The normalized spacial score (nSPS) is 31.1. The van der Waals surface area contributed by atoms with E-state index in [0.717, 1.165) is 12.8 Å². The van der Waals surface area contributed by atoms with Crippen LogP contribution in [0, 0.1) is 10.1 Å². The van der Waals surface area contributed by atoms with Gasteiger partial charge in [0.2, 0.25) is 0 Å². The lowest BCUT2D eigenvalue weighted by atomic mass is 9.77. The van der Waals surface area contributed by atoms with Crippen LogP contribution in [0.3, 0.4) is 0 Å². The molecule has 3 aliphatic rings. The number of carbonyl (C=O) groups excluding carboxylic acids is 1. The molecule has 6 nitrogen and oxygen atoms in total. The van der Waals surface area contributed by atoms with E-state index in [9.17, 15) is 14.9 Å². The summed E-state index contributed by atoms with van der Waals surface area (Å²) in [6.45, 7) is 0.637. The first-order chi connectivity index (χ1) is 13.5. The Labute approximate surface area is 171 Å². The van der Waals surface area contributed by atoms with E-state index >= 15 is 0 Å². The Hall–Kier alpha value is -2.15. The van der Waals surface area contributed by atoms with Crippen LogP contribution in [0.1, 0.15) is 29.9 Å². The zero-order valence-corrected chi connectivity index (χ0v) is 16.3. The molecule has 5 rings (SSSR count). The molecule has 0 radical (unpaired) electrons. The largest absolute Gasteiger partial charge is 0.324 e. The van der Waals surface area contributed by atoms with Gasteiger partial charge in [0, 0.05) is 38.8 Å². The van der Waals surface area contributed by atoms with Gasteiger partial charge in [0.05, 0.1) is 5.92 Å². The number of carbonyl (C=O) groups is 1. The second-order valence-corrected chi connectivity index (χ2v) is 8.43. The van der Waals surface area contributed by atoms with Crippen LogP contribution in [0.4, 0.5) is 5.69 Å². The average Bonchev–Trinajstić information content (AvgIpc) is 3.29. The van der Waals surface area contributed by atoms with E-state index in [-0.39, 0.29) is 16.9 Å². The molecule has 3 heterocycles. The predicted molar refractivity (Wildman–Crippen MR) is 106 cm³/mol. The Balaban J connectivity index is 1.77. The number of amides is 1. The molecule has 2 aromatic carbocycles. The first kappa shape index (κ1) is 17.9. The summed E-state index contributed by atoms with van der Waals surface area (Å²) >= 11 is 12.5. The van der Waals surface area contributed by atoms with Crippen molar-refractivity contribution < 1.29 is 9.72 Å². The maximum atomic E-state index is 13.3. The van der Waals surface area contributed by atoms with E-state index in [4.69, 9.17) is 23.2 Å². The number of para-hydroxylation sites is 1. The van der Waals surface area contributed by atoms with E-state index in [2.05, 4.69) is 5.32 Å². The van der Waals surface area contributed by atoms with Crippen LogP contribution >= 0.6 is 23.2 Å². The summed E-state index contributed by atoms with van der Waals surface area (Å²) in [5.41, 5.74) is 0.683. The lowest BCUT2D eigenvalue weighted by Gasteiger charge is -2.32. The molecule has 2 fully saturated rings. The molecule has 1 spiro atoms. The molecule has 0 aliphatic carbocycles. The molecule has 3 aliphatic heterocycles. The fourth-order valence-corrected chi connectivity index (χ4v) is 6.05. The number of fused-ring (bicyclic) bond motifs is 4. The highest BCUT2D eigenvalue weighted by molar-refractivity contribution is 6.35. The number of rotatable bonds is 2. The van der Waals surface area contributed by atoms with Gasteiger partial charge in [0.1, 0.15) is 0 Å². The molecule has 0 aromatic heterocycles. The van der Waals surface area contributed by atoms with E-state index in [1.165, 1.54) is 0 Å². The molecule has 2 saturated heterocycles. The molecule has 0 unspecified atom stereocenters. The molecule has 144 valence electrons. The lowest BCUT2D eigenvalue weighted by molar-refractivity contribution is -0.534. The number of nitrogens with zero attached hydrogens (tertiary/aromatic N) is 2. The van der Waals surface area contributed by atoms with Crippen molar-refractivity contribution in [3.05, 3.63) is 73.8 Å². The van der Waals surface area contributed by atoms with Crippen molar-refractivity contribution in [1.29, 1.82) is 0 Å². The molecule has 28 heavy (non-hydrogen) atoms. The molecule has 0 saturated carbocycles. The van der Waals surface area contributed by atoms with Gasteiger partial charge in [-0.1, -0.05) is 47.5 Å². The summed E-state index contributed by atoms with van der Waals surface area (Å²) in [7, 11) is 0. The second-order valence-electron chi connectivity index (χ2n) is 7.59. The van der Waals surface area contributed by atoms with Gasteiger partial charge in [-0.05, 0) is 36.6 Å². The third-order valence-electron chi connectivity index (χ3n) is 6.42. The Morgan fingerprint density at radius 3 is 2.75 bits per heavy atom. The molecular weight excluding hydrogens is 401 g/mol. The van der Waals surface area contributed by atoms with Crippen LogP contribution in [0.15, 0.2) is 42.5 Å². The van der Waals surface area contributed by atoms with Gasteiger partial charge in [0.15, 0.2) is 5.54 Å². The molecule has 2 aromatic rings. The van der Waals surface area contributed by atoms with Crippen molar-refractivity contribution >= 4 is 34.8 Å². The Kier molecular flexibility index (Phi) is 3.95. The van der Waals surface area contributed by atoms with Gasteiger partial charge in [-0.25, -0.2) is 0 Å². The number of anilines is 1. The summed E-state index contributed by atoms with van der Waals surface area (Å²) < 4.78 is 0. The number of nitrogens with one attached hydrogen (secondary N) is 1. The van der Waals surface area contributed by atoms with E-state index in [0.29, 0.717) is 33.4 Å². The van der Waals surface area contributed by atoms with Crippen LogP contribution in [-0.4, -0.2) is 34.4 Å². The molecule has 8 heteroatoms. The third kappa shape index (κ3) is 2.16. The maximum Gasteiger partial charge on any atom is 0.256 e. The summed E-state index contributed by atoms with van der Waals surface area (Å²) in [6.07, 6.45) is 1.67. The van der Waals surface area contributed by atoms with Crippen molar-refractivity contribution in [1.82, 2.24) is 4.90 Å². The second kappa shape index (κ2) is 6.17. The standard InChI is InChI=1S/C20H17Cl2N3O3/c21-11-7-8-12(14(22)10-11)17-16-6-3-9-24(16)20(18(17)25(27)28)13-4-1-2-5-15(13)23-19(20)26/h1-2,4-5,7-8,10,16-18H,3,6,9H2,(H,23,26)/t16-,17+,18-,20+/m1/s1. The van der Waals surface area contributed by atoms with Crippen LogP contribution in [0.2, 0.25) is 10.0 Å². The van der Waals surface area contributed by atoms with Gasteiger partial charge in [-0.2, -0.15) is 0 Å². The number of benzene rings is 2. The maximum absolute atomic E-state index is 13.3. The van der Waals surface area contributed by atoms with Crippen LogP contribution in [0.5, 0.6) is 0 Å². The van der Waals surface area contributed by atoms with E-state index in [1.807, 2.05) is 23.1 Å². The fourth-order valence-electron chi connectivity index (χ4n) is 5.52. The molecule has 0 bridgehead atoms.